The van der Waals surface area contributed by atoms with Crippen molar-refractivity contribution in [2.75, 3.05) is 38.1 Å². The average molecular weight is 376 g/mol. The molecular formula is C20H33N5O2. The second-order valence-corrected chi connectivity index (χ2v) is 8.35. The Hall–Kier alpha value is -1.89. The molecule has 150 valence electrons. The highest BCUT2D eigenvalue weighted by molar-refractivity contribution is 5.79. The van der Waals surface area contributed by atoms with E-state index < -0.39 is 0 Å². The summed E-state index contributed by atoms with van der Waals surface area (Å²) in [5.74, 6) is 0.978. The minimum absolute atomic E-state index is 0.0964. The normalized spacial score (nSPS) is 20.7. The van der Waals surface area contributed by atoms with E-state index in [1.54, 1.807) is 0 Å². The number of aromatic nitrogens is 2. The van der Waals surface area contributed by atoms with E-state index in [0.29, 0.717) is 11.6 Å². The summed E-state index contributed by atoms with van der Waals surface area (Å²) in [4.78, 5) is 37.0. The summed E-state index contributed by atoms with van der Waals surface area (Å²) in [6.07, 6.45) is 5.40. The summed E-state index contributed by atoms with van der Waals surface area (Å²) in [6.45, 7) is 7.68. The maximum Gasteiger partial charge on any atom is 0.252 e. The van der Waals surface area contributed by atoms with Crippen LogP contribution in [0.4, 0.5) is 5.95 Å². The van der Waals surface area contributed by atoms with E-state index in [0.717, 1.165) is 51.9 Å². The summed E-state index contributed by atoms with van der Waals surface area (Å²) >= 11 is 0. The number of nitrogens with one attached hydrogen (secondary N) is 2. The zero-order chi connectivity index (χ0) is 19.4. The van der Waals surface area contributed by atoms with Crippen molar-refractivity contribution < 1.29 is 4.79 Å². The van der Waals surface area contributed by atoms with Gasteiger partial charge in [-0.15, -0.1) is 0 Å². The largest absolute Gasteiger partial charge is 0.347 e. The minimum Gasteiger partial charge on any atom is -0.347 e. The van der Waals surface area contributed by atoms with E-state index in [1.807, 2.05) is 0 Å². The van der Waals surface area contributed by atoms with Crippen LogP contribution < -0.4 is 15.8 Å². The van der Waals surface area contributed by atoms with Crippen molar-refractivity contribution in [3.8, 4) is 0 Å². The van der Waals surface area contributed by atoms with Crippen LogP contribution >= 0.6 is 0 Å². The van der Waals surface area contributed by atoms with Gasteiger partial charge in [-0.25, -0.2) is 4.98 Å². The van der Waals surface area contributed by atoms with Crippen molar-refractivity contribution in [1.82, 2.24) is 20.2 Å². The molecule has 1 atom stereocenters. The molecule has 0 bridgehead atoms. The highest BCUT2D eigenvalue weighted by Gasteiger charge is 2.27. The van der Waals surface area contributed by atoms with Crippen molar-refractivity contribution in [2.45, 2.75) is 52.0 Å². The molecule has 1 saturated heterocycles. The maximum atomic E-state index is 12.8. The van der Waals surface area contributed by atoms with Gasteiger partial charge in [-0.2, -0.15) is 0 Å². The van der Waals surface area contributed by atoms with Crippen LogP contribution in [0.2, 0.25) is 0 Å². The predicted molar refractivity (Wildman–Crippen MR) is 107 cm³/mol. The quantitative estimate of drug-likeness (QED) is 0.822. The molecule has 1 saturated carbocycles. The number of hydrogen-bond acceptors (Lipinski definition) is 5. The second-order valence-electron chi connectivity index (χ2n) is 8.35. The third-order valence-corrected chi connectivity index (χ3v) is 5.81. The molecule has 2 N–H and O–H groups in total. The van der Waals surface area contributed by atoms with Crippen molar-refractivity contribution in [3.05, 3.63) is 22.1 Å². The van der Waals surface area contributed by atoms with E-state index >= 15 is 0 Å². The number of rotatable bonds is 5. The molecule has 2 aliphatic rings. The summed E-state index contributed by atoms with van der Waals surface area (Å²) < 4.78 is 0. The number of hydrogen-bond donors (Lipinski definition) is 2. The molecular weight excluding hydrogens is 342 g/mol. The first-order valence-electron chi connectivity index (χ1n) is 10.3. The smallest absolute Gasteiger partial charge is 0.252 e. The fraction of sp³-hybridized carbons (Fsp3) is 0.750. The highest BCUT2D eigenvalue weighted by Crippen LogP contribution is 2.26. The van der Waals surface area contributed by atoms with Crippen LogP contribution in [-0.2, 0) is 4.79 Å². The van der Waals surface area contributed by atoms with E-state index in [9.17, 15) is 9.59 Å². The number of amides is 1. The molecule has 27 heavy (non-hydrogen) atoms. The number of nitrogens with zero attached hydrogens (tertiary/aromatic N) is 3. The van der Waals surface area contributed by atoms with Crippen LogP contribution in [0.5, 0.6) is 0 Å². The lowest BCUT2D eigenvalue weighted by molar-refractivity contribution is -0.127. The van der Waals surface area contributed by atoms with Crippen LogP contribution in [-0.4, -0.2) is 54.0 Å². The molecule has 1 aromatic rings. The zero-order valence-electron chi connectivity index (χ0n) is 16.8. The molecule has 7 nitrogen and oxygen atoms in total. The fourth-order valence-corrected chi connectivity index (χ4v) is 4.01. The molecule has 2 fully saturated rings. The van der Waals surface area contributed by atoms with Crippen molar-refractivity contribution >= 4 is 11.9 Å². The second kappa shape index (κ2) is 8.87. The van der Waals surface area contributed by atoms with Crippen LogP contribution in [0.15, 0.2) is 10.9 Å². The topological polar surface area (TPSA) is 81.3 Å². The fourth-order valence-electron chi connectivity index (χ4n) is 4.01. The highest BCUT2D eigenvalue weighted by atomic mass is 16.2. The van der Waals surface area contributed by atoms with E-state index in [4.69, 9.17) is 4.98 Å². The third kappa shape index (κ3) is 5.09. The van der Waals surface area contributed by atoms with Gasteiger partial charge in [0.1, 0.15) is 0 Å². The monoisotopic (exact) mass is 375 g/mol. The Morgan fingerprint density at radius 2 is 1.85 bits per heavy atom. The van der Waals surface area contributed by atoms with Gasteiger partial charge in [0, 0.05) is 38.2 Å². The summed E-state index contributed by atoms with van der Waals surface area (Å²) in [5.41, 5.74) is 0.498. The number of aromatic amines is 1. The Kier molecular flexibility index (Phi) is 6.52. The first-order chi connectivity index (χ1) is 12.9. The number of piperazine rings is 1. The van der Waals surface area contributed by atoms with Gasteiger partial charge < -0.3 is 15.1 Å². The molecule has 1 amide bonds. The van der Waals surface area contributed by atoms with Crippen LogP contribution in [0, 0.1) is 11.8 Å². The molecule has 3 rings (SSSR count). The van der Waals surface area contributed by atoms with Gasteiger partial charge in [0.25, 0.3) is 5.56 Å². The predicted octanol–water partition coefficient (Wildman–Crippen LogP) is 1.92. The maximum absolute atomic E-state index is 12.8. The van der Waals surface area contributed by atoms with Crippen LogP contribution in [0.25, 0.3) is 0 Å². The minimum atomic E-state index is -0.243. The van der Waals surface area contributed by atoms with Gasteiger partial charge in [-0.3, -0.25) is 14.6 Å². The molecule has 0 radical (unpaired) electrons. The Morgan fingerprint density at radius 1 is 1.19 bits per heavy atom. The summed E-state index contributed by atoms with van der Waals surface area (Å²) in [7, 11) is 2.10. The SMILES string of the molecule is CC(C)[C@@H](NC(=O)C1CCCCC1)c1cc(=O)[nH]c(N2CCN(C)CC2)n1. The van der Waals surface area contributed by atoms with Gasteiger partial charge >= 0.3 is 0 Å². The number of H-pyrrole nitrogens is 1. The number of carbonyl (C=O) groups is 1. The Balaban J connectivity index is 1.78. The molecule has 0 unspecified atom stereocenters. The Bertz CT molecular complexity index is 688. The van der Waals surface area contributed by atoms with Crippen LogP contribution in [0.1, 0.15) is 57.7 Å². The van der Waals surface area contributed by atoms with Gasteiger partial charge in [0.15, 0.2) is 0 Å². The third-order valence-electron chi connectivity index (χ3n) is 5.81. The summed E-state index contributed by atoms with van der Waals surface area (Å²) in [6, 6.07) is 1.29. The zero-order valence-corrected chi connectivity index (χ0v) is 16.8. The Labute approximate surface area is 161 Å². The number of likely N-dealkylation sites (N-methyl/N-ethyl adjacent to an activating group) is 1. The lowest BCUT2D eigenvalue weighted by atomic mass is 9.88. The lowest BCUT2D eigenvalue weighted by Gasteiger charge is -2.33. The van der Waals surface area contributed by atoms with Crippen molar-refractivity contribution in [2.24, 2.45) is 11.8 Å². The average Bonchev–Trinajstić information content (AvgIpc) is 2.66. The molecule has 1 aromatic heterocycles. The standard InChI is InChI=1S/C20H33N5O2/c1-14(2)18(23-19(27)15-7-5-4-6-8-15)16-13-17(26)22-20(21-16)25-11-9-24(3)10-12-25/h13-15,18H,4-12H2,1-3H3,(H,23,27)(H,21,22,26)/t18-/m1/s1. The summed E-state index contributed by atoms with van der Waals surface area (Å²) in [5, 5.41) is 3.19. The lowest BCUT2D eigenvalue weighted by Crippen LogP contribution is -2.46. The van der Waals surface area contributed by atoms with Gasteiger partial charge in [-0.1, -0.05) is 33.1 Å². The van der Waals surface area contributed by atoms with Gasteiger partial charge in [-0.05, 0) is 25.8 Å². The molecule has 1 aliphatic heterocycles. The van der Waals surface area contributed by atoms with E-state index in [2.05, 4.69) is 41.0 Å². The Morgan fingerprint density at radius 3 is 2.48 bits per heavy atom. The molecule has 2 heterocycles. The van der Waals surface area contributed by atoms with Crippen molar-refractivity contribution in [3.63, 3.8) is 0 Å². The number of carbonyl (C=O) groups excluding carboxylic acids is 1. The van der Waals surface area contributed by atoms with Gasteiger partial charge in [0.05, 0.1) is 11.7 Å². The van der Waals surface area contributed by atoms with Crippen molar-refractivity contribution in [1.29, 1.82) is 0 Å². The molecule has 0 spiro atoms. The molecule has 1 aliphatic carbocycles. The first-order valence-corrected chi connectivity index (χ1v) is 10.3. The van der Waals surface area contributed by atoms with Gasteiger partial charge in [0.2, 0.25) is 11.9 Å². The number of anilines is 1. The molecule has 7 heteroatoms. The van der Waals surface area contributed by atoms with Crippen LogP contribution in [0.3, 0.4) is 0 Å². The first kappa shape index (κ1) is 19.9. The van der Waals surface area contributed by atoms with E-state index in [-0.39, 0.29) is 29.3 Å². The molecule has 0 aromatic carbocycles. The van der Waals surface area contributed by atoms with E-state index in [1.165, 1.54) is 12.5 Å².